The lowest BCUT2D eigenvalue weighted by Crippen LogP contribution is -2.13. The van der Waals surface area contributed by atoms with E-state index in [4.69, 9.17) is 4.74 Å². The monoisotopic (exact) mass is 452 g/mol. The topological polar surface area (TPSA) is 77.0 Å². The molecule has 2 aromatic heterocycles. The minimum atomic E-state index is -0.365. The zero-order chi connectivity index (χ0) is 19.3. The van der Waals surface area contributed by atoms with Crippen LogP contribution in [0.2, 0.25) is 0 Å². The van der Waals surface area contributed by atoms with Crippen molar-refractivity contribution in [3.05, 3.63) is 83.0 Å². The van der Waals surface area contributed by atoms with Crippen LogP contribution in [0, 0.1) is 0 Å². The molecule has 6 nitrogen and oxygen atoms in total. The van der Waals surface area contributed by atoms with Gasteiger partial charge in [0, 0.05) is 27.8 Å². The van der Waals surface area contributed by atoms with Crippen molar-refractivity contribution in [3.63, 3.8) is 0 Å². The average molecular weight is 453 g/mol. The Balaban J connectivity index is 1.53. The molecule has 8 heteroatoms. The Morgan fingerprint density at radius 3 is 2.57 bits per heavy atom. The summed E-state index contributed by atoms with van der Waals surface area (Å²) in [5.41, 5.74) is 1.20. The maximum atomic E-state index is 12.7. The van der Waals surface area contributed by atoms with Gasteiger partial charge in [0.2, 0.25) is 11.0 Å². The summed E-state index contributed by atoms with van der Waals surface area (Å²) in [7, 11) is 0. The number of benzene rings is 2. The summed E-state index contributed by atoms with van der Waals surface area (Å²) < 4.78 is 11.0. The highest BCUT2D eigenvalue weighted by molar-refractivity contribution is 9.10. The summed E-state index contributed by atoms with van der Waals surface area (Å²) in [4.78, 5) is 21.3. The number of aromatic nitrogens is 3. The van der Waals surface area contributed by atoms with E-state index < -0.39 is 0 Å². The van der Waals surface area contributed by atoms with Crippen LogP contribution in [0.25, 0.3) is 11.4 Å². The largest absolute Gasteiger partial charge is 0.438 e. The van der Waals surface area contributed by atoms with E-state index in [1.807, 2.05) is 42.5 Å². The third-order valence-electron chi connectivity index (χ3n) is 3.72. The summed E-state index contributed by atoms with van der Waals surface area (Å²) in [5.74, 6) is 1.00. The first-order chi connectivity index (χ1) is 13.7. The second kappa shape index (κ2) is 8.28. The number of hydrogen-bond donors (Lipinski definition) is 1. The molecule has 28 heavy (non-hydrogen) atoms. The first-order valence-corrected chi connectivity index (χ1v) is 9.84. The van der Waals surface area contributed by atoms with Crippen LogP contribution in [-0.4, -0.2) is 20.2 Å². The van der Waals surface area contributed by atoms with Gasteiger partial charge in [-0.05, 0) is 36.4 Å². The van der Waals surface area contributed by atoms with Crippen LogP contribution >= 0.6 is 27.5 Å². The molecule has 0 spiro atoms. The van der Waals surface area contributed by atoms with Gasteiger partial charge < -0.3 is 4.74 Å². The van der Waals surface area contributed by atoms with Crippen molar-refractivity contribution in [2.24, 2.45) is 0 Å². The van der Waals surface area contributed by atoms with Crippen molar-refractivity contribution < 1.29 is 9.53 Å². The lowest BCUT2D eigenvalue weighted by molar-refractivity contribution is 0.102. The van der Waals surface area contributed by atoms with Crippen molar-refractivity contribution in [3.8, 4) is 23.0 Å². The molecule has 0 aliphatic heterocycles. The van der Waals surface area contributed by atoms with Gasteiger partial charge in [-0.3, -0.25) is 10.1 Å². The number of hydrogen-bond acceptors (Lipinski definition) is 6. The van der Waals surface area contributed by atoms with Gasteiger partial charge in [-0.25, -0.2) is 4.98 Å². The van der Waals surface area contributed by atoms with E-state index in [-0.39, 0.29) is 11.8 Å². The number of carbonyl (C=O) groups excluding carboxylic acids is 1. The molecule has 0 unspecified atom stereocenters. The van der Waals surface area contributed by atoms with E-state index in [2.05, 4.69) is 35.6 Å². The van der Waals surface area contributed by atoms with Crippen LogP contribution in [0.15, 0.2) is 77.4 Å². The van der Waals surface area contributed by atoms with E-state index in [1.165, 1.54) is 0 Å². The van der Waals surface area contributed by atoms with Crippen LogP contribution in [0.4, 0.5) is 5.13 Å². The van der Waals surface area contributed by atoms with Gasteiger partial charge in [-0.1, -0.05) is 46.3 Å². The Kier molecular flexibility index (Phi) is 5.41. The van der Waals surface area contributed by atoms with Gasteiger partial charge in [-0.2, -0.15) is 9.36 Å². The van der Waals surface area contributed by atoms with Crippen LogP contribution in [0.5, 0.6) is 11.6 Å². The van der Waals surface area contributed by atoms with Gasteiger partial charge in [-0.15, -0.1) is 0 Å². The molecule has 0 aliphatic carbocycles. The molecule has 4 aromatic rings. The Morgan fingerprint density at radius 1 is 1.00 bits per heavy atom. The van der Waals surface area contributed by atoms with E-state index in [0.717, 1.165) is 21.6 Å². The minimum Gasteiger partial charge on any atom is -0.438 e. The number of anilines is 1. The lowest BCUT2D eigenvalue weighted by atomic mass is 10.2. The fraction of sp³-hybridized carbons (Fsp3) is 0. The van der Waals surface area contributed by atoms with Crippen molar-refractivity contribution in [1.82, 2.24) is 14.3 Å². The summed E-state index contributed by atoms with van der Waals surface area (Å²) in [6.45, 7) is 0. The third kappa shape index (κ3) is 4.24. The maximum Gasteiger partial charge on any atom is 0.262 e. The number of amides is 1. The fourth-order valence-corrected chi connectivity index (χ4v) is 3.25. The molecule has 2 aromatic carbocycles. The Labute approximate surface area is 173 Å². The second-order valence-corrected chi connectivity index (χ2v) is 7.32. The predicted molar refractivity (Wildman–Crippen MR) is 112 cm³/mol. The Bertz CT molecular complexity index is 1100. The first-order valence-electron chi connectivity index (χ1n) is 8.28. The molecule has 1 N–H and O–H groups in total. The quantitative estimate of drug-likeness (QED) is 0.438. The smallest absolute Gasteiger partial charge is 0.262 e. The first kappa shape index (κ1) is 18.3. The molecule has 0 aliphatic rings. The Hall–Kier alpha value is -3.10. The van der Waals surface area contributed by atoms with E-state index in [1.54, 1.807) is 30.5 Å². The number of halogens is 1. The number of nitrogens with one attached hydrogen (secondary N) is 1. The molecule has 0 fully saturated rings. The summed E-state index contributed by atoms with van der Waals surface area (Å²) in [6, 6.07) is 20.2. The molecule has 138 valence electrons. The van der Waals surface area contributed by atoms with Gasteiger partial charge in [0.05, 0.1) is 0 Å². The van der Waals surface area contributed by atoms with Crippen molar-refractivity contribution >= 4 is 38.5 Å². The SMILES string of the molecule is O=C(Nc1nc(-c2ccccc2)ns1)c1cccnc1Oc1ccc(Br)cc1. The van der Waals surface area contributed by atoms with Crippen LogP contribution < -0.4 is 10.1 Å². The molecule has 0 saturated carbocycles. The summed E-state index contributed by atoms with van der Waals surface area (Å²) in [6.07, 6.45) is 1.57. The van der Waals surface area contributed by atoms with Gasteiger partial charge >= 0.3 is 0 Å². The molecule has 1 amide bonds. The van der Waals surface area contributed by atoms with Gasteiger partial charge in [0.1, 0.15) is 11.3 Å². The lowest BCUT2D eigenvalue weighted by Gasteiger charge is -2.09. The van der Waals surface area contributed by atoms with Gasteiger partial charge in [0.25, 0.3) is 5.91 Å². The molecule has 4 rings (SSSR count). The zero-order valence-corrected chi connectivity index (χ0v) is 16.8. The van der Waals surface area contributed by atoms with Crippen molar-refractivity contribution in [2.75, 3.05) is 5.32 Å². The highest BCUT2D eigenvalue weighted by Gasteiger charge is 2.17. The van der Waals surface area contributed by atoms with Crippen molar-refractivity contribution in [2.45, 2.75) is 0 Å². The molecule has 0 atom stereocenters. The molecule has 2 heterocycles. The standard InChI is InChI=1S/C20H13BrN4O2S/c21-14-8-10-15(11-9-14)27-19-16(7-4-12-22-19)18(26)24-20-23-17(25-28-20)13-5-2-1-3-6-13/h1-12H,(H,23,24,25,26). The van der Waals surface area contributed by atoms with Crippen LogP contribution in [0.1, 0.15) is 10.4 Å². The average Bonchev–Trinajstić information content (AvgIpc) is 3.19. The highest BCUT2D eigenvalue weighted by Crippen LogP contribution is 2.26. The minimum absolute atomic E-state index is 0.218. The fourth-order valence-electron chi connectivity index (χ4n) is 2.40. The molecule has 0 bridgehead atoms. The normalized spacial score (nSPS) is 10.5. The molecular formula is C20H13BrN4O2S. The molecular weight excluding hydrogens is 440 g/mol. The summed E-state index contributed by atoms with van der Waals surface area (Å²) >= 11 is 4.50. The van der Waals surface area contributed by atoms with E-state index in [9.17, 15) is 4.79 Å². The molecule has 0 radical (unpaired) electrons. The predicted octanol–water partition coefficient (Wildman–Crippen LogP) is 5.41. The van der Waals surface area contributed by atoms with Crippen molar-refractivity contribution in [1.29, 1.82) is 0 Å². The van der Waals surface area contributed by atoms with E-state index >= 15 is 0 Å². The number of pyridine rings is 1. The van der Waals surface area contributed by atoms with E-state index in [0.29, 0.717) is 22.3 Å². The second-order valence-electron chi connectivity index (χ2n) is 5.66. The molecule has 0 saturated heterocycles. The van der Waals surface area contributed by atoms with Crippen LogP contribution in [-0.2, 0) is 0 Å². The number of rotatable bonds is 5. The highest BCUT2D eigenvalue weighted by atomic mass is 79.9. The number of ether oxygens (including phenoxy) is 1. The maximum absolute atomic E-state index is 12.7. The third-order valence-corrected chi connectivity index (χ3v) is 4.88. The zero-order valence-electron chi connectivity index (χ0n) is 14.4. The van der Waals surface area contributed by atoms with Gasteiger partial charge in [0.15, 0.2) is 5.82 Å². The van der Waals surface area contributed by atoms with Crippen LogP contribution in [0.3, 0.4) is 0 Å². The number of nitrogens with zero attached hydrogens (tertiary/aromatic N) is 3. The number of carbonyl (C=O) groups is 1. The summed E-state index contributed by atoms with van der Waals surface area (Å²) in [5, 5.41) is 3.17. The Morgan fingerprint density at radius 2 is 1.79 bits per heavy atom.